The average molecular weight is 679 g/mol. The molecule has 1 unspecified atom stereocenters. The first kappa shape index (κ1) is 32.6. The molecule has 9 heteroatoms. The fourth-order valence-electron chi connectivity index (χ4n) is 4.33. The second-order valence-corrected chi connectivity index (χ2v) is 20.4. The van der Waals surface area contributed by atoms with Crippen molar-refractivity contribution in [3.63, 3.8) is 0 Å². The Balaban J connectivity index is 1.75. The fourth-order valence-corrected chi connectivity index (χ4v) is 9.43. The number of aryl methyl sites for hydroxylation is 3. The van der Waals surface area contributed by atoms with Crippen LogP contribution in [-0.4, -0.2) is 27.8 Å². The Morgan fingerprint density at radius 3 is 2.21 bits per heavy atom. The zero-order valence-electron chi connectivity index (χ0n) is 25.2. The van der Waals surface area contributed by atoms with Crippen molar-refractivity contribution in [2.75, 3.05) is 0 Å². The van der Waals surface area contributed by atoms with E-state index in [2.05, 4.69) is 33.9 Å². The summed E-state index contributed by atoms with van der Waals surface area (Å²) < 4.78 is 65.4. The van der Waals surface area contributed by atoms with Crippen molar-refractivity contribution in [3.8, 4) is 15.9 Å². The van der Waals surface area contributed by atoms with Gasteiger partial charge in [-0.15, -0.1) is 0 Å². The molecule has 0 radical (unpaired) electrons. The van der Waals surface area contributed by atoms with E-state index in [1.54, 1.807) is 0 Å². The quantitative estimate of drug-likeness (QED) is 0.105. The minimum atomic E-state index is -4.65. The maximum absolute atomic E-state index is 15.1. The molecule has 0 saturated heterocycles. The van der Waals surface area contributed by atoms with Crippen LogP contribution in [-0.2, 0) is 12.6 Å². The van der Waals surface area contributed by atoms with E-state index in [0.29, 0.717) is 0 Å². The first-order valence-electron chi connectivity index (χ1n) is 13.8. The average Bonchev–Trinajstić information content (AvgIpc) is 3.26. The number of benzene rings is 3. The Kier molecular flexibility index (Phi) is 9.58. The number of nitrogens with zero attached hydrogens (tertiary/aromatic N) is 1. The number of thioether (sulfide) groups is 1. The van der Waals surface area contributed by atoms with Gasteiger partial charge in [-0.1, -0.05) is 0 Å². The van der Waals surface area contributed by atoms with Crippen LogP contribution in [0.25, 0.3) is 10.1 Å². The van der Waals surface area contributed by atoms with Crippen molar-refractivity contribution in [3.05, 3.63) is 98.9 Å². The molecule has 0 aliphatic carbocycles. The molecule has 0 bridgehead atoms. The van der Waals surface area contributed by atoms with Crippen molar-refractivity contribution in [2.45, 2.75) is 82.4 Å². The number of hydrogen-bond donors (Lipinski definition) is 0. The van der Waals surface area contributed by atoms with Gasteiger partial charge in [0, 0.05) is 0 Å². The third-order valence-corrected chi connectivity index (χ3v) is 16.5. The molecular formula is C33H37F4NOSSeSi. The Labute approximate surface area is 257 Å². The molecule has 0 fully saturated rings. The number of rotatable bonds is 8. The summed E-state index contributed by atoms with van der Waals surface area (Å²) in [5.41, 5.74) is 2.66. The SMILES string of the molecule is Cc1ccc(-c2nc(C)c(C(Cc3c(F)cccc3C(F)(F)F)Sc3ccc(O[Si](C)(C)C(C)(C)C)c(C)c3)[se]2)cc1. The summed E-state index contributed by atoms with van der Waals surface area (Å²) in [4.78, 5) is 5.74. The third kappa shape index (κ3) is 7.41. The summed E-state index contributed by atoms with van der Waals surface area (Å²) in [6, 6.07) is 17.2. The summed E-state index contributed by atoms with van der Waals surface area (Å²) in [5.74, 6) is -0.0189. The Morgan fingerprint density at radius 2 is 1.62 bits per heavy atom. The van der Waals surface area contributed by atoms with Gasteiger partial charge in [0.2, 0.25) is 0 Å². The number of hydrogen-bond acceptors (Lipinski definition) is 3. The zero-order valence-corrected chi connectivity index (χ0v) is 28.8. The fraction of sp³-hybridized carbons (Fsp3) is 0.364. The molecule has 42 heavy (non-hydrogen) atoms. The van der Waals surface area contributed by atoms with Crippen LogP contribution < -0.4 is 4.43 Å². The van der Waals surface area contributed by atoms with Gasteiger partial charge in [-0.3, -0.25) is 0 Å². The van der Waals surface area contributed by atoms with Crippen molar-refractivity contribution in [1.29, 1.82) is 0 Å². The number of halogens is 4. The molecule has 1 heterocycles. The van der Waals surface area contributed by atoms with Gasteiger partial charge in [-0.2, -0.15) is 0 Å². The number of alkyl halides is 3. The van der Waals surface area contributed by atoms with E-state index >= 15 is 4.39 Å². The van der Waals surface area contributed by atoms with E-state index in [1.165, 1.54) is 11.8 Å². The van der Waals surface area contributed by atoms with E-state index in [0.717, 1.165) is 60.2 Å². The van der Waals surface area contributed by atoms with Crippen molar-refractivity contribution >= 4 is 34.6 Å². The van der Waals surface area contributed by atoms with Crippen LogP contribution in [0, 0.1) is 26.6 Å². The van der Waals surface area contributed by atoms with Gasteiger partial charge < -0.3 is 0 Å². The van der Waals surface area contributed by atoms with Crippen molar-refractivity contribution in [2.24, 2.45) is 0 Å². The predicted molar refractivity (Wildman–Crippen MR) is 169 cm³/mol. The van der Waals surface area contributed by atoms with Crippen LogP contribution in [0.15, 0.2) is 65.6 Å². The molecule has 0 amide bonds. The van der Waals surface area contributed by atoms with Crippen LogP contribution in [0.2, 0.25) is 18.1 Å². The topological polar surface area (TPSA) is 22.1 Å². The second-order valence-electron chi connectivity index (χ2n) is 12.2. The van der Waals surface area contributed by atoms with Gasteiger partial charge in [0.05, 0.1) is 0 Å². The molecule has 0 aliphatic rings. The van der Waals surface area contributed by atoms with E-state index in [9.17, 15) is 13.2 Å². The molecule has 1 aromatic heterocycles. The molecule has 0 aliphatic heterocycles. The van der Waals surface area contributed by atoms with Crippen molar-refractivity contribution < 1.29 is 22.0 Å². The van der Waals surface area contributed by atoms with Gasteiger partial charge >= 0.3 is 259 Å². The molecule has 0 N–H and O–H groups in total. The molecule has 224 valence electrons. The van der Waals surface area contributed by atoms with Gasteiger partial charge in [-0.25, -0.2) is 0 Å². The van der Waals surface area contributed by atoms with Gasteiger partial charge in [-0.05, 0) is 0 Å². The standard InChI is InChI=1S/C33H37F4NOSSeSi/c1-20-12-14-23(15-13-20)31-38-22(3)30(41-31)29(19-25-26(33(35,36)37)10-9-11-27(25)34)40-24-16-17-28(21(2)18-24)39-42(7,8)32(4,5)6/h9-18,29H,19H2,1-8H3. The van der Waals surface area contributed by atoms with Crippen LogP contribution in [0.4, 0.5) is 17.6 Å². The van der Waals surface area contributed by atoms with Gasteiger partial charge in [0.25, 0.3) is 0 Å². The van der Waals surface area contributed by atoms with Crippen molar-refractivity contribution in [1.82, 2.24) is 4.98 Å². The summed E-state index contributed by atoms with van der Waals surface area (Å²) in [6.45, 7) is 16.9. The zero-order chi connectivity index (χ0) is 31.0. The van der Waals surface area contributed by atoms with Crippen LogP contribution in [0.5, 0.6) is 5.75 Å². The Hall–Kier alpha value is -2.32. The molecule has 4 rings (SSSR count). The molecular weight excluding hydrogens is 641 g/mol. The van der Waals surface area contributed by atoms with Crippen LogP contribution in [0.1, 0.15) is 58.4 Å². The number of aromatic nitrogens is 1. The molecule has 3 aromatic carbocycles. The van der Waals surface area contributed by atoms with Gasteiger partial charge in [0.15, 0.2) is 0 Å². The first-order valence-corrected chi connectivity index (χ1v) is 19.3. The first-order chi connectivity index (χ1) is 19.5. The monoisotopic (exact) mass is 679 g/mol. The van der Waals surface area contributed by atoms with Crippen LogP contribution >= 0.6 is 11.8 Å². The maximum atomic E-state index is 15.1. The summed E-state index contributed by atoms with van der Waals surface area (Å²) in [5, 5.41) is -0.390. The molecule has 0 saturated carbocycles. The van der Waals surface area contributed by atoms with Crippen LogP contribution in [0.3, 0.4) is 0 Å². The third-order valence-electron chi connectivity index (χ3n) is 7.83. The van der Waals surface area contributed by atoms with E-state index in [4.69, 9.17) is 9.41 Å². The van der Waals surface area contributed by atoms with E-state index in [1.807, 2.05) is 63.2 Å². The predicted octanol–water partition coefficient (Wildman–Crippen LogP) is 10.3. The summed E-state index contributed by atoms with van der Waals surface area (Å²) >= 11 is 1.24. The molecule has 4 aromatic rings. The molecule has 2 nitrogen and oxygen atoms in total. The Morgan fingerprint density at radius 1 is 0.952 bits per heavy atom. The minimum absolute atomic E-state index is 0.0393. The normalized spacial score (nSPS) is 13.3. The van der Waals surface area contributed by atoms with E-state index < -0.39 is 31.1 Å². The van der Waals surface area contributed by atoms with E-state index in [-0.39, 0.29) is 31.5 Å². The molecule has 0 spiro atoms. The molecule has 1 atom stereocenters. The second kappa shape index (κ2) is 12.3. The summed E-state index contributed by atoms with van der Waals surface area (Å²) in [7, 11) is -2.06. The summed E-state index contributed by atoms with van der Waals surface area (Å²) in [6.07, 6.45) is -4.75. The Bertz CT molecular complexity index is 1560. The van der Waals surface area contributed by atoms with Gasteiger partial charge in [0.1, 0.15) is 0 Å².